The Morgan fingerprint density at radius 1 is 1.17 bits per heavy atom. The minimum atomic E-state index is -2.83. The molecule has 18 heavy (non-hydrogen) atoms. The van der Waals surface area contributed by atoms with Crippen molar-refractivity contribution in [3.8, 4) is 0 Å². The maximum absolute atomic E-state index is 11.0. The highest BCUT2D eigenvalue weighted by molar-refractivity contribution is 7.90. The Bertz CT molecular complexity index is 311. The number of hydrogen-bond donors (Lipinski definition) is 1. The van der Waals surface area contributed by atoms with Gasteiger partial charge in [-0.2, -0.15) is 0 Å². The SMILES string of the molecule is CN(CCNCC1CCCCC1)CCS(C)(=O)=O. The molecule has 0 atom stereocenters. The van der Waals surface area contributed by atoms with Gasteiger partial charge < -0.3 is 10.2 Å². The van der Waals surface area contributed by atoms with Crippen LogP contribution >= 0.6 is 0 Å². The first-order valence-corrected chi connectivity index (χ1v) is 9.10. The third-order valence-electron chi connectivity index (χ3n) is 3.67. The lowest BCUT2D eigenvalue weighted by atomic mass is 9.89. The summed E-state index contributed by atoms with van der Waals surface area (Å²) in [5.74, 6) is 1.12. The molecule has 0 aliphatic heterocycles. The van der Waals surface area contributed by atoms with Gasteiger partial charge in [-0.25, -0.2) is 8.42 Å². The van der Waals surface area contributed by atoms with Gasteiger partial charge in [0.2, 0.25) is 0 Å². The Morgan fingerprint density at radius 2 is 1.83 bits per heavy atom. The van der Waals surface area contributed by atoms with Crippen LogP contribution in [0, 0.1) is 5.92 Å². The van der Waals surface area contributed by atoms with Gasteiger partial charge in [0, 0.05) is 25.9 Å². The number of hydrogen-bond acceptors (Lipinski definition) is 4. The molecule has 108 valence electrons. The van der Waals surface area contributed by atoms with Crippen molar-refractivity contribution in [2.45, 2.75) is 32.1 Å². The van der Waals surface area contributed by atoms with Gasteiger partial charge in [0.05, 0.1) is 5.75 Å². The van der Waals surface area contributed by atoms with Crippen LogP contribution in [-0.2, 0) is 9.84 Å². The van der Waals surface area contributed by atoms with Crippen LogP contribution in [0.2, 0.25) is 0 Å². The zero-order valence-corrected chi connectivity index (χ0v) is 12.6. The van der Waals surface area contributed by atoms with E-state index in [9.17, 15) is 8.42 Å². The van der Waals surface area contributed by atoms with Crippen LogP contribution in [0.25, 0.3) is 0 Å². The van der Waals surface area contributed by atoms with Crippen molar-refractivity contribution in [2.24, 2.45) is 5.92 Å². The summed E-state index contributed by atoms with van der Waals surface area (Å²) >= 11 is 0. The molecule has 0 bridgehead atoms. The number of sulfone groups is 1. The minimum Gasteiger partial charge on any atom is -0.315 e. The average Bonchev–Trinajstić information content (AvgIpc) is 2.33. The summed E-state index contributed by atoms with van der Waals surface area (Å²) in [6.07, 6.45) is 8.22. The first-order valence-electron chi connectivity index (χ1n) is 7.04. The molecule has 0 saturated heterocycles. The molecule has 4 nitrogen and oxygen atoms in total. The Kier molecular flexibility index (Phi) is 7.19. The monoisotopic (exact) mass is 276 g/mol. The molecule has 0 amide bonds. The fraction of sp³-hybridized carbons (Fsp3) is 1.00. The summed E-state index contributed by atoms with van der Waals surface area (Å²) in [7, 11) is -0.849. The second-order valence-corrected chi connectivity index (χ2v) is 7.90. The summed E-state index contributed by atoms with van der Waals surface area (Å²) in [6.45, 7) is 3.63. The predicted octanol–water partition coefficient (Wildman–Crippen LogP) is 1.13. The molecule has 1 saturated carbocycles. The zero-order chi connectivity index (χ0) is 13.4. The summed E-state index contributed by atoms with van der Waals surface area (Å²) < 4.78 is 22.1. The highest BCUT2D eigenvalue weighted by Gasteiger charge is 2.12. The molecule has 0 radical (unpaired) electrons. The molecule has 1 aliphatic carbocycles. The van der Waals surface area contributed by atoms with Crippen molar-refractivity contribution < 1.29 is 8.42 Å². The molecule has 1 N–H and O–H groups in total. The smallest absolute Gasteiger partial charge is 0.148 e. The highest BCUT2D eigenvalue weighted by Crippen LogP contribution is 2.22. The predicted molar refractivity (Wildman–Crippen MR) is 76.7 cm³/mol. The number of likely N-dealkylation sites (N-methyl/N-ethyl adjacent to an activating group) is 1. The van der Waals surface area contributed by atoms with Gasteiger partial charge in [0.25, 0.3) is 0 Å². The molecule has 1 fully saturated rings. The van der Waals surface area contributed by atoms with Gasteiger partial charge in [-0.1, -0.05) is 19.3 Å². The molecule has 0 unspecified atom stereocenters. The lowest BCUT2D eigenvalue weighted by Gasteiger charge is -2.22. The van der Waals surface area contributed by atoms with Crippen LogP contribution in [-0.4, -0.2) is 58.6 Å². The largest absolute Gasteiger partial charge is 0.315 e. The summed E-state index contributed by atoms with van der Waals surface area (Å²) in [5.41, 5.74) is 0. The van der Waals surface area contributed by atoms with E-state index < -0.39 is 9.84 Å². The molecule has 0 aromatic carbocycles. The molecule has 1 aliphatic rings. The quantitative estimate of drug-likeness (QED) is 0.675. The van der Waals surface area contributed by atoms with Crippen LogP contribution in [0.4, 0.5) is 0 Å². The fourth-order valence-electron chi connectivity index (χ4n) is 2.40. The maximum Gasteiger partial charge on any atom is 0.148 e. The molecular weight excluding hydrogens is 248 g/mol. The number of rotatable bonds is 8. The van der Waals surface area contributed by atoms with E-state index in [2.05, 4.69) is 10.2 Å². The van der Waals surface area contributed by atoms with E-state index in [1.807, 2.05) is 7.05 Å². The van der Waals surface area contributed by atoms with Crippen molar-refractivity contribution in [1.82, 2.24) is 10.2 Å². The molecule has 5 heteroatoms. The average molecular weight is 276 g/mol. The van der Waals surface area contributed by atoms with Gasteiger partial charge in [-0.3, -0.25) is 0 Å². The minimum absolute atomic E-state index is 0.256. The summed E-state index contributed by atoms with van der Waals surface area (Å²) in [5, 5.41) is 3.49. The van der Waals surface area contributed by atoms with Crippen LogP contribution in [0.5, 0.6) is 0 Å². The van der Waals surface area contributed by atoms with Crippen molar-refractivity contribution in [1.29, 1.82) is 0 Å². The van der Waals surface area contributed by atoms with Gasteiger partial charge in [-0.15, -0.1) is 0 Å². The van der Waals surface area contributed by atoms with E-state index in [0.29, 0.717) is 6.54 Å². The van der Waals surface area contributed by atoms with Gasteiger partial charge in [0.1, 0.15) is 9.84 Å². The molecule has 0 aromatic heterocycles. The van der Waals surface area contributed by atoms with Crippen LogP contribution < -0.4 is 5.32 Å². The zero-order valence-electron chi connectivity index (χ0n) is 11.8. The number of nitrogens with zero attached hydrogens (tertiary/aromatic N) is 1. The molecule has 0 aromatic rings. The highest BCUT2D eigenvalue weighted by atomic mass is 32.2. The molecule has 0 heterocycles. The van der Waals surface area contributed by atoms with Crippen LogP contribution in [0.15, 0.2) is 0 Å². The topological polar surface area (TPSA) is 49.4 Å². The van der Waals surface area contributed by atoms with E-state index in [-0.39, 0.29) is 5.75 Å². The third-order valence-corrected chi connectivity index (χ3v) is 4.60. The Hall–Kier alpha value is -0.130. The second kappa shape index (κ2) is 8.12. The molecular formula is C13H28N2O2S. The van der Waals surface area contributed by atoms with Crippen LogP contribution in [0.3, 0.4) is 0 Å². The first kappa shape index (κ1) is 15.9. The lowest BCUT2D eigenvalue weighted by Crippen LogP contribution is -2.34. The Morgan fingerprint density at radius 3 is 2.44 bits per heavy atom. The number of nitrogens with one attached hydrogen (secondary N) is 1. The Balaban J connectivity index is 1.99. The Labute approximate surface area is 112 Å². The summed E-state index contributed by atoms with van der Waals surface area (Å²) in [4.78, 5) is 2.08. The van der Waals surface area contributed by atoms with Crippen molar-refractivity contribution in [2.75, 3.05) is 45.2 Å². The first-order chi connectivity index (χ1) is 8.47. The molecule has 1 rings (SSSR count). The van der Waals surface area contributed by atoms with Crippen molar-refractivity contribution in [3.05, 3.63) is 0 Å². The van der Waals surface area contributed by atoms with Crippen molar-refractivity contribution >= 4 is 9.84 Å². The maximum atomic E-state index is 11.0. The third kappa shape index (κ3) is 8.06. The van der Waals surface area contributed by atoms with E-state index in [4.69, 9.17) is 0 Å². The lowest BCUT2D eigenvalue weighted by molar-refractivity contribution is 0.317. The van der Waals surface area contributed by atoms with E-state index in [1.165, 1.54) is 38.4 Å². The van der Waals surface area contributed by atoms with Crippen molar-refractivity contribution in [3.63, 3.8) is 0 Å². The standard InChI is InChI=1S/C13H28N2O2S/c1-15(10-11-18(2,16)17)9-8-14-12-13-6-4-3-5-7-13/h13-14H,3-12H2,1-2H3. The van der Waals surface area contributed by atoms with Gasteiger partial charge in [0.15, 0.2) is 0 Å². The van der Waals surface area contributed by atoms with Gasteiger partial charge >= 0.3 is 0 Å². The fourth-order valence-corrected chi connectivity index (χ4v) is 3.04. The normalized spacial score (nSPS) is 18.4. The second-order valence-electron chi connectivity index (χ2n) is 5.64. The summed E-state index contributed by atoms with van der Waals surface area (Å²) in [6, 6.07) is 0. The van der Waals surface area contributed by atoms with Crippen LogP contribution in [0.1, 0.15) is 32.1 Å². The van der Waals surface area contributed by atoms with Gasteiger partial charge in [-0.05, 0) is 32.4 Å². The molecule has 0 spiro atoms. The van der Waals surface area contributed by atoms with E-state index in [1.54, 1.807) is 0 Å². The van der Waals surface area contributed by atoms with E-state index >= 15 is 0 Å². The van der Waals surface area contributed by atoms with E-state index in [0.717, 1.165) is 25.6 Å².